The van der Waals surface area contributed by atoms with Gasteiger partial charge >= 0.3 is 0 Å². The third-order valence-corrected chi connectivity index (χ3v) is 7.60. The van der Waals surface area contributed by atoms with Crippen LogP contribution >= 0.6 is 11.3 Å². The Labute approximate surface area is 193 Å². The highest BCUT2D eigenvalue weighted by Gasteiger charge is 2.20. The normalized spacial score (nSPS) is 13.5. The van der Waals surface area contributed by atoms with Crippen LogP contribution < -0.4 is 10.9 Å². The minimum Gasteiger partial charge on any atom is -0.352 e. The molecule has 0 fully saturated rings. The van der Waals surface area contributed by atoms with E-state index in [1.165, 1.54) is 22.4 Å². The molecule has 1 aliphatic carbocycles. The number of benzene rings is 1. The number of aromatic nitrogens is 2. The predicted octanol–water partition coefficient (Wildman–Crippen LogP) is 3.89. The molecule has 0 saturated carbocycles. The lowest BCUT2D eigenvalue weighted by Gasteiger charge is -2.20. The van der Waals surface area contributed by atoms with Gasteiger partial charge in [-0.05, 0) is 55.5 Å². The van der Waals surface area contributed by atoms with Gasteiger partial charge in [-0.25, -0.2) is 4.98 Å². The minimum atomic E-state index is -0.0537. The lowest BCUT2D eigenvalue weighted by molar-refractivity contribution is -0.121. The van der Waals surface area contributed by atoms with Crippen LogP contribution in [0.5, 0.6) is 0 Å². The lowest BCUT2D eigenvalue weighted by Crippen LogP contribution is -2.28. The summed E-state index contributed by atoms with van der Waals surface area (Å²) in [6.07, 6.45) is 6.19. The first-order valence-corrected chi connectivity index (χ1v) is 12.5. The summed E-state index contributed by atoms with van der Waals surface area (Å²) in [6.45, 7) is 8.04. The molecule has 1 N–H and O–H groups in total. The van der Waals surface area contributed by atoms with E-state index in [1.54, 1.807) is 22.2 Å². The lowest BCUT2D eigenvalue weighted by atomic mass is 9.97. The van der Waals surface area contributed by atoms with Gasteiger partial charge in [-0.15, -0.1) is 11.3 Å². The Hall–Kier alpha value is -2.51. The summed E-state index contributed by atoms with van der Waals surface area (Å²) in [5.74, 6) is -0.0537. The second kappa shape index (κ2) is 10.4. The molecular formula is C25H32N4O2S. The van der Waals surface area contributed by atoms with Gasteiger partial charge in [0.2, 0.25) is 5.91 Å². The number of hydrogen-bond acceptors (Lipinski definition) is 5. The van der Waals surface area contributed by atoms with E-state index in [0.29, 0.717) is 13.1 Å². The fraction of sp³-hybridized carbons (Fsp3) is 0.480. The summed E-state index contributed by atoms with van der Waals surface area (Å²) in [4.78, 5) is 34.6. The summed E-state index contributed by atoms with van der Waals surface area (Å²) in [7, 11) is 0. The van der Waals surface area contributed by atoms with Gasteiger partial charge in [0.15, 0.2) is 0 Å². The number of nitrogens with one attached hydrogen (secondary N) is 1. The topological polar surface area (TPSA) is 67.2 Å². The second-order valence-electron chi connectivity index (χ2n) is 8.39. The van der Waals surface area contributed by atoms with Crippen molar-refractivity contribution in [2.45, 2.75) is 65.6 Å². The maximum Gasteiger partial charge on any atom is 0.262 e. The van der Waals surface area contributed by atoms with Gasteiger partial charge in [-0.2, -0.15) is 0 Å². The highest BCUT2D eigenvalue weighted by Crippen LogP contribution is 2.33. The molecule has 0 saturated heterocycles. The smallest absolute Gasteiger partial charge is 0.262 e. The summed E-state index contributed by atoms with van der Waals surface area (Å²) in [5.41, 5.74) is 3.56. The van der Waals surface area contributed by atoms with Crippen molar-refractivity contribution < 1.29 is 4.79 Å². The number of fused-ring (bicyclic) bond motifs is 3. The molecule has 1 amide bonds. The largest absolute Gasteiger partial charge is 0.352 e. The van der Waals surface area contributed by atoms with Gasteiger partial charge in [0, 0.05) is 30.9 Å². The molecule has 1 aliphatic rings. The van der Waals surface area contributed by atoms with Gasteiger partial charge < -0.3 is 5.32 Å². The van der Waals surface area contributed by atoms with E-state index in [-0.39, 0.29) is 17.9 Å². The molecule has 7 heteroatoms. The van der Waals surface area contributed by atoms with E-state index >= 15 is 0 Å². The number of aryl methyl sites for hydroxylation is 3. The molecule has 0 bridgehead atoms. The van der Waals surface area contributed by atoms with Gasteiger partial charge in [0.1, 0.15) is 4.83 Å². The van der Waals surface area contributed by atoms with Crippen LogP contribution in [0.25, 0.3) is 10.2 Å². The van der Waals surface area contributed by atoms with Gasteiger partial charge in [-0.3, -0.25) is 19.1 Å². The van der Waals surface area contributed by atoms with E-state index in [0.717, 1.165) is 54.7 Å². The van der Waals surface area contributed by atoms with Crippen LogP contribution in [-0.2, 0) is 37.3 Å². The first-order valence-electron chi connectivity index (χ1n) is 11.7. The van der Waals surface area contributed by atoms with Crippen LogP contribution in [-0.4, -0.2) is 33.4 Å². The van der Waals surface area contributed by atoms with Crippen molar-refractivity contribution in [3.8, 4) is 0 Å². The van der Waals surface area contributed by atoms with Crippen molar-refractivity contribution >= 4 is 27.5 Å². The van der Waals surface area contributed by atoms with Crippen LogP contribution in [0.4, 0.5) is 0 Å². The Morgan fingerprint density at radius 1 is 1.16 bits per heavy atom. The predicted molar refractivity (Wildman–Crippen MR) is 130 cm³/mol. The van der Waals surface area contributed by atoms with E-state index in [1.807, 2.05) is 12.1 Å². The molecule has 0 spiro atoms. The summed E-state index contributed by atoms with van der Waals surface area (Å²) in [6, 6.07) is 8.25. The molecule has 0 radical (unpaired) electrons. The zero-order valence-electron chi connectivity index (χ0n) is 19.0. The zero-order chi connectivity index (χ0) is 22.5. The molecule has 4 rings (SSSR count). The average Bonchev–Trinajstić information content (AvgIpc) is 3.20. The molecule has 2 aromatic heterocycles. The van der Waals surface area contributed by atoms with Crippen molar-refractivity contribution in [1.82, 2.24) is 19.8 Å². The van der Waals surface area contributed by atoms with Crippen molar-refractivity contribution in [2.75, 3.05) is 13.1 Å². The number of rotatable bonds is 9. The number of thiophene rings is 1. The number of hydrogen-bond donors (Lipinski definition) is 1. The Kier molecular flexibility index (Phi) is 7.37. The molecule has 6 nitrogen and oxygen atoms in total. The maximum atomic E-state index is 13.1. The Balaban J connectivity index is 1.39. The van der Waals surface area contributed by atoms with Crippen LogP contribution in [0.15, 0.2) is 35.4 Å². The molecular weight excluding hydrogens is 420 g/mol. The monoisotopic (exact) mass is 452 g/mol. The molecule has 0 atom stereocenters. The Bertz CT molecular complexity index is 1150. The van der Waals surface area contributed by atoms with Crippen LogP contribution in [0.1, 0.15) is 54.7 Å². The Morgan fingerprint density at radius 2 is 1.91 bits per heavy atom. The fourth-order valence-corrected chi connectivity index (χ4v) is 5.64. The zero-order valence-corrected chi connectivity index (χ0v) is 19.8. The highest BCUT2D eigenvalue weighted by atomic mass is 32.1. The molecule has 0 aliphatic heterocycles. The summed E-state index contributed by atoms with van der Waals surface area (Å²) < 4.78 is 1.60. The number of nitrogens with zero attached hydrogens (tertiary/aromatic N) is 3. The van der Waals surface area contributed by atoms with E-state index in [2.05, 4.69) is 41.2 Å². The third kappa shape index (κ3) is 4.94. The average molecular weight is 453 g/mol. The quantitative estimate of drug-likeness (QED) is 0.535. The first-order chi connectivity index (χ1) is 15.6. The molecule has 0 unspecified atom stereocenters. The number of carbonyl (C=O) groups excluding carboxylic acids is 1. The summed E-state index contributed by atoms with van der Waals surface area (Å²) >= 11 is 1.65. The van der Waals surface area contributed by atoms with Crippen LogP contribution in [0, 0.1) is 0 Å². The number of amides is 1. The summed E-state index contributed by atoms with van der Waals surface area (Å²) in [5, 5.41) is 3.81. The molecule has 1 aromatic carbocycles. The van der Waals surface area contributed by atoms with Crippen molar-refractivity contribution in [1.29, 1.82) is 0 Å². The van der Waals surface area contributed by atoms with E-state index in [9.17, 15) is 9.59 Å². The number of carbonyl (C=O) groups is 1. The fourth-order valence-electron chi connectivity index (χ4n) is 4.42. The van der Waals surface area contributed by atoms with E-state index < -0.39 is 0 Å². The second-order valence-corrected chi connectivity index (χ2v) is 9.47. The van der Waals surface area contributed by atoms with Crippen molar-refractivity contribution in [3.63, 3.8) is 0 Å². The Morgan fingerprint density at radius 3 is 2.69 bits per heavy atom. The van der Waals surface area contributed by atoms with Crippen LogP contribution in [0.2, 0.25) is 0 Å². The SMILES string of the molecule is CCN(CC)Cc1ccccc1CNC(=O)CCn1cnc2sc3c(c2c1=O)CCCC3. The minimum absolute atomic E-state index is 0.00762. The first kappa shape index (κ1) is 22.7. The molecule has 170 valence electrons. The molecule has 2 heterocycles. The van der Waals surface area contributed by atoms with Crippen molar-refractivity contribution in [3.05, 3.63) is 62.5 Å². The molecule has 32 heavy (non-hydrogen) atoms. The molecule has 3 aromatic rings. The standard InChI is InChI=1S/C25H32N4O2S/c1-3-28(4-2)16-19-10-6-5-9-18(19)15-26-22(30)13-14-29-17-27-24-23(25(29)31)20-11-7-8-12-21(20)32-24/h5-6,9-10,17H,3-4,7-8,11-16H2,1-2H3,(H,26,30). The van der Waals surface area contributed by atoms with Gasteiger partial charge in [0.05, 0.1) is 11.7 Å². The highest BCUT2D eigenvalue weighted by molar-refractivity contribution is 7.18. The van der Waals surface area contributed by atoms with Crippen LogP contribution in [0.3, 0.4) is 0 Å². The van der Waals surface area contributed by atoms with Gasteiger partial charge in [-0.1, -0.05) is 38.1 Å². The van der Waals surface area contributed by atoms with Gasteiger partial charge in [0.25, 0.3) is 5.56 Å². The third-order valence-electron chi connectivity index (χ3n) is 6.40. The van der Waals surface area contributed by atoms with E-state index in [4.69, 9.17) is 0 Å². The maximum absolute atomic E-state index is 13.1. The van der Waals surface area contributed by atoms with Crippen molar-refractivity contribution in [2.24, 2.45) is 0 Å².